The molecule has 8 rings (SSSR count). The van der Waals surface area contributed by atoms with Crippen molar-refractivity contribution in [2.24, 2.45) is 0 Å². The number of pyridine rings is 3. The zero-order valence-electron chi connectivity index (χ0n) is 19.2. The number of rotatable bonds is 2. The van der Waals surface area contributed by atoms with Gasteiger partial charge in [-0.1, -0.05) is 54.6 Å². The number of benzene rings is 3. The lowest BCUT2D eigenvalue weighted by Gasteiger charge is -2.12. The first-order chi connectivity index (χ1) is 17.9. The zero-order chi connectivity index (χ0) is 23.6. The summed E-state index contributed by atoms with van der Waals surface area (Å²) in [4.78, 5) is 14.8. The Morgan fingerprint density at radius 2 is 1.11 bits per heavy atom. The van der Waals surface area contributed by atoms with Crippen LogP contribution in [-0.2, 0) is 0 Å². The van der Waals surface area contributed by atoms with Crippen LogP contribution in [-0.4, -0.2) is 24.1 Å². The Morgan fingerprint density at radius 1 is 0.472 bits per heavy atom. The predicted octanol–water partition coefficient (Wildman–Crippen LogP) is 7.22. The van der Waals surface area contributed by atoms with Gasteiger partial charge in [0, 0.05) is 23.5 Å². The first-order valence-corrected chi connectivity index (χ1v) is 12.0. The van der Waals surface area contributed by atoms with Crippen LogP contribution in [0.25, 0.3) is 66.3 Å². The first-order valence-electron chi connectivity index (χ1n) is 12.0. The highest BCUT2D eigenvalue weighted by molar-refractivity contribution is 6.14. The molecule has 0 saturated heterocycles. The van der Waals surface area contributed by atoms with Gasteiger partial charge in [-0.15, -0.1) is 0 Å². The van der Waals surface area contributed by atoms with E-state index in [2.05, 4.69) is 94.1 Å². The minimum absolute atomic E-state index is 0.879. The Bertz CT molecular complexity index is 2100. The van der Waals surface area contributed by atoms with Gasteiger partial charge in [-0.05, 0) is 53.9 Å². The van der Waals surface area contributed by atoms with Gasteiger partial charge in [0.2, 0.25) is 0 Å². The maximum atomic E-state index is 5.24. The van der Waals surface area contributed by atoms with Crippen LogP contribution < -0.4 is 0 Å². The van der Waals surface area contributed by atoms with Crippen LogP contribution in [0.15, 0.2) is 116 Å². The van der Waals surface area contributed by atoms with Gasteiger partial charge < -0.3 is 9.13 Å². The van der Waals surface area contributed by atoms with E-state index < -0.39 is 0 Å². The molecule has 5 nitrogen and oxygen atoms in total. The second kappa shape index (κ2) is 7.23. The molecule has 3 aromatic carbocycles. The molecule has 0 N–H and O–H groups in total. The van der Waals surface area contributed by atoms with Gasteiger partial charge in [-0.3, -0.25) is 9.97 Å². The summed E-state index contributed by atoms with van der Waals surface area (Å²) in [5.74, 6) is 0. The van der Waals surface area contributed by atoms with Crippen LogP contribution in [0.2, 0.25) is 0 Å². The molecule has 0 radical (unpaired) electrons. The Labute approximate surface area is 205 Å². The number of hydrogen-bond acceptors (Lipinski definition) is 3. The summed E-state index contributed by atoms with van der Waals surface area (Å²) in [6, 6.07) is 35.8. The maximum Gasteiger partial charge on any atom is 0.116 e. The van der Waals surface area contributed by atoms with Crippen LogP contribution in [0.5, 0.6) is 0 Å². The molecule has 0 amide bonds. The molecule has 0 bridgehead atoms. The van der Waals surface area contributed by atoms with E-state index in [-0.39, 0.29) is 0 Å². The number of nitrogens with zero attached hydrogens (tertiary/aromatic N) is 5. The van der Waals surface area contributed by atoms with Crippen LogP contribution in [0.3, 0.4) is 0 Å². The topological polar surface area (TPSA) is 48.5 Å². The highest BCUT2D eigenvalue weighted by Crippen LogP contribution is 2.37. The number of aromatic nitrogens is 5. The fourth-order valence-corrected chi connectivity index (χ4v) is 5.48. The second-order valence-corrected chi connectivity index (χ2v) is 8.97. The predicted molar refractivity (Wildman–Crippen MR) is 146 cm³/mol. The van der Waals surface area contributed by atoms with E-state index in [4.69, 9.17) is 15.0 Å². The van der Waals surface area contributed by atoms with Gasteiger partial charge in [0.1, 0.15) is 22.1 Å². The average Bonchev–Trinajstić information content (AvgIpc) is 3.44. The largest absolute Gasteiger partial charge is 0.306 e. The van der Waals surface area contributed by atoms with E-state index in [1.54, 1.807) is 0 Å². The van der Waals surface area contributed by atoms with Crippen molar-refractivity contribution in [2.45, 2.75) is 0 Å². The standard InChI is InChI=1S/C31H19N5/c1-2-11-21(12-3-1)35-24-15-7-17-32-28(24)30-26(35)19-27-31(34-30)29-25(16-8-18-33-29)36(27)23-14-6-10-20-9-4-5-13-22(20)23/h1-19H. The summed E-state index contributed by atoms with van der Waals surface area (Å²) < 4.78 is 4.55. The lowest BCUT2D eigenvalue weighted by molar-refractivity contribution is 1.16. The summed E-state index contributed by atoms with van der Waals surface area (Å²) in [5.41, 5.74) is 9.84. The van der Waals surface area contributed by atoms with Gasteiger partial charge in [0.15, 0.2) is 0 Å². The number of fused-ring (bicyclic) bond motifs is 7. The fourth-order valence-electron chi connectivity index (χ4n) is 5.48. The molecular formula is C31H19N5. The SMILES string of the molecule is c1ccc(-n2c3cccnc3c3nc4c5ncccc5n(-c5cccc6ccccc56)c4cc32)cc1. The van der Waals surface area contributed by atoms with Crippen LogP contribution in [0, 0.1) is 0 Å². The van der Waals surface area contributed by atoms with Crippen molar-refractivity contribution in [1.82, 2.24) is 24.1 Å². The monoisotopic (exact) mass is 461 g/mol. The van der Waals surface area contributed by atoms with Gasteiger partial charge >= 0.3 is 0 Å². The minimum atomic E-state index is 0.879. The molecule has 0 spiro atoms. The molecule has 36 heavy (non-hydrogen) atoms. The molecule has 0 aliphatic carbocycles. The second-order valence-electron chi connectivity index (χ2n) is 8.97. The van der Waals surface area contributed by atoms with Crippen LogP contribution in [0.4, 0.5) is 0 Å². The molecule has 0 saturated carbocycles. The summed E-state index contributed by atoms with van der Waals surface area (Å²) in [6.07, 6.45) is 3.67. The molecule has 0 aliphatic heterocycles. The Kier molecular flexibility index (Phi) is 3.88. The van der Waals surface area contributed by atoms with Crippen molar-refractivity contribution in [3.8, 4) is 11.4 Å². The maximum absolute atomic E-state index is 5.24. The van der Waals surface area contributed by atoms with Gasteiger partial charge in [-0.2, -0.15) is 0 Å². The molecule has 5 heteroatoms. The van der Waals surface area contributed by atoms with Crippen molar-refractivity contribution in [3.63, 3.8) is 0 Å². The van der Waals surface area contributed by atoms with E-state index >= 15 is 0 Å². The number of hydrogen-bond donors (Lipinski definition) is 0. The lowest BCUT2D eigenvalue weighted by Crippen LogP contribution is -1.97. The van der Waals surface area contributed by atoms with Crippen molar-refractivity contribution < 1.29 is 0 Å². The van der Waals surface area contributed by atoms with Crippen molar-refractivity contribution >= 4 is 54.9 Å². The Hall–Kier alpha value is -5.03. The van der Waals surface area contributed by atoms with Gasteiger partial charge in [0.25, 0.3) is 0 Å². The summed E-state index contributed by atoms with van der Waals surface area (Å²) in [5, 5.41) is 2.39. The Balaban J connectivity index is 1.59. The van der Waals surface area contributed by atoms with Gasteiger partial charge in [-0.25, -0.2) is 4.98 Å². The third-order valence-corrected chi connectivity index (χ3v) is 6.99. The van der Waals surface area contributed by atoms with E-state index in [0.717, 1.165) is 55.5 Å². The smallest absolute Gasteiger partial charge is 0.116 e. The van der Waals surface area contributed by atoms with E-state index in [0.29, 0.717) is 0 Å². The molecular weight excluding hydrogens is 442 g/mol. The van der Waals surface area contributed by atoms with Crippen molar-refractivity contribution in [3.05, 3.63) is 116 Å². The third-order valence-electron chi connectivity index (χ3n) is 6.99. The summed E-state index contributed by atoms with van der Waals surface area (Å²) >= 11 is 0. The molecule has 0 fully saturated rings. The van der Waals surface area contributed by atoms with Crippen molar-refractivity contribution in [2.75, 3.05) is 0 Å². The van der Waals surface area contributed by atoms with Crippen LogP contribution in [0.1, 0.15) is 0 Å². The van der Waals surface area contributed by atoms with E-state index in [9.17, 15) is 0 Å². The average molecular weight is 462 g/mol. The van der Waals surface area contributed by atoms with Crippen LogP contribution >= 0.6 is 0 Å². The molecule has 5 aromatic heterocycles. The van der Waals surface area contributed by atoms with Gasteiger partial charge in [0.05, 0.1) is 27.8 Å². The normalized spacial score (nSPS) is 11.9. The van der Waals surface area contributed by atoms with E-state index in [1.165, 1.54) is 10.8 Å². The summed E-state index contributed by atoms with van der Waals surface area (Å²) in [7, 11) is 0. The third kappa shape index (κ3) is 2.57. The first kappa shape index (κ1) is 19.3. The highest BCUT2D eigenvalue weighted by Gasteiger charge is 2.21. The molecule has 0 unspecified atom stereocenters. The summed E-state index contributed by atoms with van der Waals surface area (Å²) in [6.45, 7) is 0. The highest BCUT2D eigenvalue weighted by atomic mass is 15.1. The molecule has 0 atom stereocenters. The zero-order valence-corrected chi connectivity index (χ0v) is 19.2. The molecule has 8 aromatic rings. The number of para-hydroxylation sites is 1. The molecule has 168 valence electrons. The molecule has 0 aliphatic rings. The Morgan fingerprint density at radius 3 is 1.89 bits per heavy atom. The lowest BCUT2D eigenvalue weighted by atomic mass is 10.1. The minimum Gasteiger partial charge on any atom is -0.306 e. The quantitative estimate of drug-likeness (QED) is 0.273. The fraction of sp³-hybridized carbons (Fsp3) is 0. The van der Waals surface area contributed by atoms with E-state index in [1.807, 2.05) is 30.6 Å². The van der Waals surface area contributed by atoms with Crippen molar-refractivity contribution in [1.29, 1.82) is 0 Å². The molecule has 5 heterocycles.